The molecule has 3 aliphatic heterocycles. The molecule has 0 saturated carbocycles. The second-order valence-corrected chi connectivity index (χ2v) is 9.64. The summed E-state index contributed by atoms with van der Waals surface area (Å²) in [6.45, 7) is 3.09. The second kappa shape index (κ2) is 9.44. The van der Waals surface area contributed by atoms with Crippen molar-refractivity contribution in [3.05, 3.63) is 47.4 Å². The Balaban J connectivity index is 1.40. The predicted octanol–water partition coefficient (Wildman–Crippen LogP) is 3.02. The number of phosphoric acid groups is 1. The number of hydrogen-bond acceptors (Lipinski definition) is 9. The highest BCUT2D eigenvalue weighted by molar-refractivity contribution is 7.48. The average Bonchev–Trinajstić information content (AvgIpc) is 3.17. The minimum absolute atomic E-state index is 0.0857. The Bertz CT molecular complexity index is 1040. The van der Waals surface area contributed by atoms with Crippen molar-refractivity contribution < 1.29 is 46.4 Å². The summed E-state index contributed by atoms with van der Waals surface area (Å²) in [5.74, 6) is -3.06. The minimum Gasteiger partial charge on any atom is -0.459 e. The Morgan fingerprint density at radius 3 is 2.79 bits per heavy atom. The van der Waals surface area contributed by atoms with Crippen LogP contribution in [0.1, 0.15) is 42.6 Å². The highest BCUT2D eigenvalue weighted by atomic mass is 31.2. The summed E-state index contributed by atoms with van der Waals surface area (Å²) in [5.41, 5.74) is 0.710. The van der Waals surface area contributed by atoms with Gasteiger partial charge in [-0.3, -0.25) is 28.1 Å². The molecule has 0 aromatic heterocycles. The maximum Gasteiger partial charge on any atom is 0.475 e. The fourth-order valence-electron chi connectivity index (χ4n) is 3.66. The Kier molecular flexibility index (Phi) is 6.78. The lowest BCUT2D eigenvalue weighted by atomic mass is 10.1. The van der Waals surface area contributed by atoms with E-state index in [-0.39, 0.29) is 31.3 Å². The maximum absolute atomic E-state index is 13.7. The predicted molar refractivity (Wildman–Crippen MR) is 109 cm³/mol. The van der Waals surface area contributed by atoms with E-state index in [0.717, 1.165) is 11.1 Å². The van der Waals surface area contributed by atoms with Crippen LogP contribution in [0.2, 0.25) is 0 Å². The third kappa shape index (κ3) is 5.23. The topological polar surface area (TPSA) is 118 Å². The molecule has 0 aliphatic carbocycles. The fourth-order valence-corrected chi connectivity index (χ4v) is 5.03. The number of ether oxygens (including phenoxy) is 2. The van der Waals surface area contributed by atoms with Crippen LogP contribution in [0.15, 0.2) is 36.3 Å². The molecule has 33 heavy (non-hydrogen) atoms. The number of phosphoric ester groups is 1. The SMILES string of the molecule is CC(C)OC(=O)c1ccccc1COP1(=O)OC[C@H]2O[C@@H](N3C=C(F)C(=O)CC3=O)C[C@@H]2O1. The van der Waals surface area contributed by atoms with Crippen molar-refractivity contribution in [2.45, 2.75) is 57.8 Å². The van der Waals surface area contributed by atoms with Crippen molar-refractivity contribution in [3.63, 3.8) is 0 Å². The van der Waals surface area contributed by atoms with Crippen LogP contribution in [0.3, 0.4) is 0 Å². The van der Waals surface area contributed by atoms with Gasteiger partial charge in [0.15, 0.2) is 5.83 Å². The van der Waals surface area contributed by atoms with E-state index in [4.69, 9.17) is 23.0 Å². The van der Waals surface area contributed by atoms with Crippen LogP contribution in [0, 0.1) is 0 Å². The molecule has 0 N–H and O–H groups in total. The van der Waals surface area contributed by atoms with Gasteiger partial charge in [0.1, 0.15) is 18.4 Å². The largest absolute Gasteiger partial charge is 0.475 e. The molecule has 3 aliphatic rings. The molecule has 2 saturated heterocycles. The molecule has 3 heterocycles. The first-order valence-electron chi connectivity index (χ1n) is 10.4. The number of nitrogens with zero attached hydrogens (tertiary/aromatic N) is 1. The number of hydrogen-bond donors (Lipinski definition) is 0. The molecule has 178 valence electrons. The van der Waals surface area contributed by atoms with Crippen molar-refractivity contribution in [2.24, 2.45) is 0 Å². The summed E-state index contributed by atoms with van der Waals surface area (Å²) >= 11 is 0. The molecule has 10 nitrogen and oxygen atoms in total. The van der Waals surface area contributed by atoms with E-state index in [9.17, 15) is 23.3 Å². The first kappa shape index (κ1) is 23.7. The Labute approximate surface area is 189 Å². The van der Waals surface area contributed by atoms with E-state index in [1.54, 1.807) is 38.1 Å². The average molecular weight is 483 g/mol. The van der Waals surface area contributed by atoms with Gasteiger partial charge in [0.2, 0.25) is 11.7 Å². The van der Waals surface area contributed by atoms with E-state index in [2.05, 4.69) is 0 Å². The van der Waals surface area contributed by atoms with E-state index in [1.807, 2.05) is 0 Å². The van der Waals surface area contributed by atoms with Crippen molar-refractivity contribution in [3.8, 4) is 0 Å². The van der Waals surface area contributed by atoms with Crippen molar-refractivity contribution in [1.29, 1.82) is 0 Å². The smallest absolute Gasteiger partial charge is 0.459 e. The monoisotopic (exact) mass is 483 g/mol. The number of Topliss-reactive ketones (excluding diaryl/α,β-unsaturated/α-hetero) is 1. The molecule has 0 spiro atoms. The van der Waals surface area contributed by atoms with Crippen LogP contribution in [-0.2, 0) is 43.8 Å². The molecule has 1 amide bonds. The Hall–Kier alpha value is -2.43. The van der Waals surface area contributed by atoms with Gasteiger partial charge in [-0.2, -0.15) is 0 Å². The van der Waals surface area contributed by atoms with E-state index < -0.39 is 56.2 Å². The lowest BCUT2D eigenvalue weighted by Crippen LogP contribution is -2.40. The highest BCUT2D eigenvalue weighted by Gasteiger charge is 2.49. The number of carbonyl (C=O) groups excluding carboxylic acids is 3. The van der Waals surface area contributed by atoms with Gasteiger partial charge in [-0.05, 0) is 25.5 Å². The quantitative estimate of drug-likeness (QED) is 0.342. The number of halogens is 1. The van der Waals surface area contributed by atoms with E-state index in [1.165, 1.54) is 0 Å². The lowest BCUT2D eigenvalue weighted by molar-refractivity contribution is -0.146. The summed E-state index contributed by atoms with van der Waals surface area (Å²) in [6, 6.07) is 6.57. The number of fused-ring (bicyclic) bond motifs is 1. The molecular formula is C21H23FNO9P. The Morgan fingerprint density at radius 2 is 2.03 bits per heavy atom. The zero-order valence-electron chi connectivity index (χ0n) is 18.0. The van der Waals surface area contributed by atoms with Crippen LogP contribution in [0.25, 0.3) is 0 Å². The lowest BCUT2D eigenvalue weighted by Gasteiger charge is -2.30. The molecule has 1 aromatic rings. The maximum atomic E-state index is 13.7. The highest BCUT2D eigenvalue weighted by Crippen LogP contribution is 2.56. The van der Waals surface area contributed by atoms with Crippen LogP contribution < -0.4 is 0 Å². The first-order chi connectivity index (χ1) is 15.6. The molecule has 0 bridgehead atoms. The second-order valence-electron chi connectivity index (χ2n) is 8.01. The summed E-state index contributed by atoms with van der Waals surface area (Å²) < 4.78 is 53.9. The standard InChI is InChI=1S/C21H23FNO9P/c1-12(2)30-21(26)14-6-4-3-5-13(14)10-28-33(27)29-11-18-17(32-33)8-20(31-18)23-9-15(22)16(24)7-19(23)25/h3-6,9,12,17-18,20H,7-8,10-11H2,1-2H3/t17-,18+,20+,33?/m0/s1. The van der Waals surface area contributed by atoms with Crippen LogP contribution in [0.4, 0.5) is 4.39 Å². The summed E-state index contributed by atoms with van der Waals surface area (Å²) in [4.78, 5) is 36.8. The van der Waals surface area contributed by atoms with Gasteiger partial charge >= 0.3 is 13.8 Å². The van der Waals surface area contributed by atoms with Crippen molar-refractivity contribution in [2.75, 3.05) is 6.61 Å². The van der Waals surface area contributed by atoms with Crippen LogP contribution >= 0.6 is 7.82 Å². The molecule has 12 heteroatoms. The first-order valence-corrected chi connectivity index (χ1v) is 11.8. The molecule has 1 aromatic carbocycles. The van der Waals surface area contributed by atoms with Crippen molar-refractivity contribution in [1.82, 2.24) is 4.90 Å². The third-order valence-corrected chi connectivity index (χ3v) is 6.67. The summed E-state index contributed by atoms with van der Waals surface area (Å²) in [6.07, 6.45) is -2.30. The molecular weight excluding hydrogens is 460 g/mol. The fraction of sp³-hybridized carbons (Fsp3) is 0.476. The van der Waals surface area contributed by atoms with Gasteiger partial charge in [0.05, 0.1) is 31.3 Å². The van der Waals surface area contributed by atoms with Gasteiger partial charge in [0, 0.05) is 12.6 Å². The number of carbonyl (C=O) groups is 3. The zero-order chi connectivity index (χ0) is 23.8. The van der Waals surface area contributed by atoms with Crippen LogP contribution in [-0.4, -0.2) is 53.7 Å². The number of esters is 1. The molecule has 4 atom stereocenters. The van der Waals surface area contributed by atoms with E-state index >= 15 is 0 Å². The molecule has 2 fully saturated rings. The van der Waals surface area contributed by atoms with Crippen molar-refractivity contribution >= 4 is 25.5 Å². The van der Waals surface area contributed by atoms with Gasteiger partial charge in [0.25, 0.3) is 0 Å². The third-order valence-electron chi connectivity index (χ3n) is 5.23. The Morgan fingerprint density at radius 1 is 1.27 bits per heavy atom. The van der Waals surface area contributed by atoms with Gasteiger partial charge < -0.3 is 9.47 Å². The number of benzene rings is 1. The normalized spacial score (nSPS) is 29.8. The molecule has 4 rings (SSSR count). The zero-order valence-corrected chi connectivity index (χ0v) is 18.9. The molecule has 0 radical (unpaired) electrons. The summed E-state index contributed by atoms with van der Waals surface area (Å²) in [5, 5.41) is 0. The minimum atomic E-state index is -4.01. The molecule has 1 unspecified atom stereocenters. The van der Waals surface area contributed by atoms with Crippen LogP contribution in [0.5, 0.6) is 0 Å². The van der Waals surface area contributed by atoms with E-state index in [0.29, 0.717) is 5.56 Å². The number of amides is 1. The summed E-state index contributed by atoms with van der Waals surface area (Å²) in [7, 11) is -4.01. The number of rotatable bonds is 6. The van der Waals surface area contributed by atoms with Gasteiger partial charge in [-0.1, -0.05) is 18.2 Å². The number of allylic oxidation sites excluding steroid dienone is 1. The number of ketones is 1. The van der Waals surface area contributed by atoms with Gasteiger partial charge in [-0.25, -0.2) is 13.8 Å². The van der Waals surface area contributed by atoms with Gasteiger partial charge in [-0.15, -0.1) is 0 Å².